The van der Waals surface area contributed by atoms with E-state index in [2.05, 4.69) is 46.5 Å². The van der Waals surface area contributed by atoms with E-state index < -0.39 is 0 Å². The second-order valence-corrected chi connectivity index (χ2v) is 7.86. The molecule has 1 N–H and O–H groups in total. The van der Waals surface area contributed by atoms with Crippen LogP contribution in [-0.4, -0.2) is 29.4 Å². The first kappa shape index (κ1) is 16.6. The minimum atomic E-state index is 0.143. The quantitative estimate of drug-likeness (QED) is 0.760. The van der Waals surface area contributed by atoms with Crippen LogP contribution in [0.1, 0.15) is 42.6 Å². The third-order valence-electron chi connectivity index (χ3n) is 4.70. The predicted octanol–water partition coefficient (Wildman–Crippen LogP) is 4.08. The van der Waals surface area contributed by atoms with E-state index in [0.717, 1.165) is 46.4 Å². The monoisotopic (exact) mass is 353 g/mol. The van der Waals surface area contributed by atoms with Gasteiger partial charge in [0.25, 0.3) is 0 Å². The molecule has 0 saturated heterocycles. The summed E-state index contributed by atoms with van der Waals surface area (Å²) in [6.45, 7) is 2.99. The first-order valence-electron chi connectivity index (χ1n) is 8.89. The molecule has 4 rings (SSSR count). The van der Waals surface area contributed by atoms with E-state index in [1.807, 2.05) is 25.0 Å². The van der Waals surface area contributed by atoms with Gasteiger partial charge in [-0.25, -0.2) is 9.97 Å². The van der Waals surface area contributed by atoms with Crippen LogP contribution in [0.4, 0.5) is 0 Å². The highest BCUT2D eigenvalue weighted by molar-refractivity contribution is 7.99. The zero-order valence-electron chi connectivity index (χ0n) is 14.7. The molecule has 2 aliphatic rings. The van der Waals surface area contributed by atoms with Gasteiger partial charge in [-0.15, -0.1) is 11.8 Å². The summed E-state index contributed by atoms with van der Waals surface area (Å²) >= 11 is 1.85. The van der Waals surface area contributed by atoms with Crippen LogP contribution < -0.4 is 10.1 Å². The standard InChI is InChI=1S/C20H23N3OS/c1-3-25-14-6-7-19(24-11-13-4-5-13)15(8-14)16-9-18(21-2)17-10-22-12-23-20(16)17/h6-10,12-13,18,21H,3-5,11H2,1-2H3. The molecule has 2 aromatic rings. The summed E-state index contributed by atoms with van der Waals surface area (Å²) in [5.74, 6) is 2.74. The van der Waals surface area contributed by atoms with Crippen molar-refractivity contribution in [2.75, 3.05) is 19.4 Å². The van der Waals surface area contributed by atoms with Gasteiger partial charge in [0, 0.05) is 27.8 Å². The minimum Gasteiger partial charge on any atom is -0.493 e. The predicted molar refractivity (Wildman–Crippen MR) is 102 cm³/mol. The zero-order valence-corrected chi connectivity index (χ0v) is 15.5. The highest BCUT2D eigenvalue weighted by atomic mass is 32.2. The van der Waals surface area contributed by atoms with Gasteiger partial charge in [0.05, 0.1) is 18.3 Å². The fourth-order valence-electron chi connectivity index (χ4n) is 3.18. The lowest BCUT2D eigenvalue weighted by molar-refractivity contribution is 0.299. The van der Waals surface area contributed by atoms with Gasteiger partial charge in [0.15, 0.2) is 0 Å². The van der Waals surface area contributed by atoms with Crippen LogP contribution in [-0.2, 0) is 0 Å². The van der Waals surface area contributed by atoms with Gasteiger partial charge >= 0.3 is 0 Å². The summed E-state index contributed by atoms with van der Waals surface area (Å²) in [6.07, 6.45) is 8.35. The molecule has 0 radical (unpaired) electrons. The summed E-state index contributed by atoms with van der Waals surface area (Å²) in [7, 11) is 1.97. The van der Waals surface area contributed by atoms with Crippen molar-refractivity contribution in [3.8, 4) is 5.75 Å². The molecule has 1 unspecified atom stereocenters. The molecule has 1 aromatic carbocycles. The number of benzene rings is 1. The first-order chi connectivity index (χ1) is 12.3. The van der Waals surface area contributed by atoms with Crippen molar-refractivity contribution in [2.24, 2.45) is 5.92 Å². The maximum atomic E-state index is 6.18. The zero-order chi connectivity index (χ0) is 17.2. The second-order valence-electron chi connectivity index (χ2n) is 6.52. The van der Waals surface area contributed by atoms with Crippen molar-refractivity contribution in [3.05, 3.63) is 53.6 Å². The number of ether oxygens (including phenoxy) is 1. The van der Waals surface area contributed by atoms with E-state index in [1.165, 1.54) is 17.7 Å². The number of thioether (sulfide) groups is 1. The molecule has 1 atom stereocenters. The van der Waals surface area contributed by atoms with Gasteiger partial charge < -0.3 is 10.1 Å². The summed E-state index contributed by atoms with van der Waals surface area (Å²) in [5.41, 5.74) is 4.41. The summed E-state index contributed by atoms with van der Waals surface area (Å²) in [4.78, 5) is 10.0. The largest absolute Gasteiger partial charge is 0.493 e. The molecule has 25 heavy (non-hydrogen) atoms. The van der Waals surface area contributed by atoms with E-state index in [1.54, 1.807) is 6.33 Å². The van der Waals surface area contributed by atoms with Gasteiger partial charge in [-0.3, -0.25) is 0 Å². The smallest absolute Gasteiger partial charge is 0.127 e. The molecule has 0 amide bonds. The van der Waals surface area contributed by atoms with Crippen LogP contribution in [0.5, 0.6) is 5.75 Å². The van der Waals surface area contributed by atoms with Gasteiger partial charge in [0.2, 0.25) is 0 Å². The van der Waals surface area contributed by atoms with Crippen LogP contribution in [0.3, 0.4) is 0 Å². The van der Waals surface area contributed by atoms with Crippen molar-refractivity contribution in [1.82, 2.24) is 15.3 Å². The molecule has 1 aromatic heterocycles. The van der Waals surface area contributed by atoms with E-state index in [-0.39, 0.29) is 6.04 Å². The Labute approximate surface area is 153 Å². The molecule has 0 aliphatic heterocycles. The van der Waals surface area contributed by atoms with Gasteiger partial charge in [-0.05, 0) is 49.8 Å². The topological polar surface area (TPSA) is 47.0 Å². The third-order valence-corrected chi connectivity index (χ3v) is 5.57. The maximum absolute atomic E-state index is 6.18. The highest BCUT2D eigenvalue weighted by Gasteiger charge is 2.28. The normalized spacial score (nSPS) is 18.8. The SMILES string of the molecule is CCSc1ccc(OCC2CC2)c(C2=CC(NC)c3cncnc32)c1. The Morgan fingerprint density at radius 1 is 1.32 bits per heavy atom. The minimum absolute atomic E-state index is 0.143. The molecule has 1 saturated carbocycles. The van der Waals surface area contributed by atoms with Crippen molar-refractivity contribution >= 4 is 17.3 Å². The Morgan fingerprint density at radius 3 is 2.96 bits per heavy atom. The van der Waals surface area contributed by atoms with Gasteiger partial charge in [-0.2, -0.15) is 0 Å². The molecule has 0 spiro atoms. The molecular formula is C20H23N3OS. The van der Waals surface area contributed by atoms with Crippen LogP contribution in [0.25, 0.3) is 5.57 Å². The van der Waals surface area contributed by atoms with Crippen LogP contribution in [0.15, 0.2) is 41.7 Å². The Balaban J connectivity index is 1.75. The fraction of sp³-hybridized carbons (Fsp3) is 0.400. The number of fused-ring (bicyclic) bond motifs is 1. The lowest BCUT2D eigenvalue weighted by atomic mass is 10.0. The Bertz CT molecular complexity index is 801. The average Bonchev–Trinajstić information content (AvgIpc) is 3.40. The number of nitrogens with zero attached hydrogens (tertiary/aromatic N) is 2. The van der Waals surface area contributed by atoms with Gasteiger partial charge in [0.1, 0.15) is 12.1 Å². The highest BCUT2D eigenvalue weighted by Crippen LogP contribution is 2.41. The van der Waals surface area contributed by atoms with E-state index in [4.69, 9.17) is 4.74 Å². The van der Waals surface area contributed by atoms with Crippen LogP contribution in [0.2, 0.25) is 0 Å². The number of likely N-dealkylation sites (N-methyl/N-ethyl adjacent to an activating group) is 1. The van der Waals surface area contributed by atoms with Crippen molar-refractivity contribution in [1.29, 1.82) is 0 Å². The molecule has 5 heteroatoms. The van der Waals surface area contributed by atoms with E-state index in [0.29, 0.717) is 0 Å². The van der Waals surface area contributed by atoms with Gasteiger partial charge in [-0.1, -0.05) is 13.0 Å². The van der Waals surface area contributed by atoms with E-state index in [9.17, 15) is 0 Å². The summed E-state index contributed by atoms with van der Waals surface area (Å²) < 4.78 is 6.18. The second kappa shape index (κ2) is 7.18. The molecule has 4 nitrogen and oxygen atoms in total. The van der Waals surface area contributed by atoms with Crippen molar-refractivity contribution in [2.45, 2.75) is 30.7 Å². The molecule has 0 bridgehead atoms. The van der Waals surface area contributed by atoms with Crippen molar-refractivity contribution < 1.29 is 4.74 Å². The summed E-state index contributed by atoms with van der Waals surface area (Å²) in [6, 6.07) is 6.66. The van der Waals surface area contributed by atoms with Crippen molar-refractivity contribution in [3.63, 3.8) is 0 Å². The van der Waals surface area contributed by atoms with Crippen LogP contribution in [0, 0.1) is 5.92 Å². The first-order valence-corrected chi connectivity index (χ1v) is 9.88. The fourth-order valence-corrected chi connectivity index (χ4v) is 3.88. The Morgan fingerprint density at radius 2 is 2.20 bits per heavy atom. The maximum Gasteiger partial charge on any atom is 0.127 e. The number of hydrogen-bond acceptors (Lipinski definition) is 5. The number of hydrogen-bond donors (Lipinski definition) is 1. The molecule has 1 heterocycles. The molecule has 1 fully saturated rings. The van der Waals surface area contributed by atoms with E-state index >= 15 is 0 Å². The Hall–Kier alpha value is -1.85. The number of aromatic nitrogens is 2. The average molecular weight is 353 g/mol. The lowest BCUT2D eigenvalue weighted by Crippen LogP contribution is -2.12. The Kier molecular flexibility index (Phi) is 4.77. The lowest BCUT2D eigenvalue weighted by Gasteiger charge is -2.14. The molecular weight excluding hydrogens is 330 g/mol. The molecule has 2 aliphatic carbocycles. The third kappa shape index (κ3) is 3.44. The number of nitrogens with one attached hydrogen (secondary N) is 1. The summed E-state index contributed by atoms with van der Waals surface area (Å²) in [5, 5.41) is 3.34. The van der Waals surface area contributed by atoms with Crippen LogP contribution >= 0.6 is 11.8 Å². The number of rotatable bonds is 7. The molecule has 130 valence electrons.